The van der Waals surface area contributed by atoms with E-state index in [1.54, 1.807) is 23.5 Å². The summed E-state index contributed by atoms with van der Waals surface area (Å²) in [4.78, 5) is 9.10. The third-order valence-electron chi connectivity index (χ3n) is 4.21. The van der Waals surface area contributed by atoms with E-state index in [-0.39, 0.29) is 17.7 Å². The van der Waals surface area contributed by atoms with Crippen molar-refractivity contribution in [3.05, 3.63) is 45.9 Å². The van der Waals surface area contributed by atoms with Crippen molar-refractivity contribution in [1.82, 2.24) is 15.6 Å². The van der Waals surface area contributed by atoms with E-state index in [1.807, 2.05) is 6.92 Å². The number of nitrogens with zero attached hydrogens (tertiary/aromatic N) is 2. The zero-order valence-corrected chi connectivity index (χ0v) is 18.6. The van der Waals surface area contributed by atoms with E-state index in [4.69, 9.17) is 0 Å². The molecule has 0 saturated heterocycles. The van der Waals surface area contributed by atoms with Crippen LogP contribution in [-0.4, -0.2) is 42.3 Å². The Kier molecular flexibility index (Phi) is 8.98. The van der Waals surface area contributed by atoms with Crippen LogP contribution < -0.4 is 15.4 Å². The van der Waals surface area contributed by atoms with Crippen LogP contribution in [0.15, 0.2) is 34.6 Å². The Morgan fingerprint density at radius 3 is 2.50 bits per heavy atom. The molecule has 0 aliphatic rings. The lowest BCUT2D eigenvalue weighted by Crippen LogP contribution is -2.38. The summed E-state index contributed by atoms with van der Waals surface area (Å²) in [6, 6.07) is 5.90. The van der Waals surface area contributed by atoms with Gasteiger partial charge in [-0.3, -0.25) is 4.99 Å². The second-order valence-electron chi connectivity index (χ2n) is 7.74. The highest BCUT2D eigenvalue weighted by molar-refractivity contribution is 7.09. The fraction of sp³-hybridized carbons (Fsp3) is 0.524. The van der Waals surface area contributed by atoms with Gasteiger partial charge in [0.05, 0.1) is 23.4 Å². The molecule has 1 aromatic heterocycles. The number of rotatable bonds is 9. The summed E-state index contributed by atoms with van der Waals surface area (Å²) < 4.78 is 28.8. The van der Waals surface area contributed by atoms with E-state index in [9.17, 15) is 13.9 Å². The summed E-state index contributed by atoms with van der Waals surface area (Å²) in [6.07, 6.45) is -0.0753. The van der Waals surface area contributed by atoms with Crippen molar-refractivity contribution >= 4 is 17.3 Å². The highest BCUT2D eigenvalue weighted by Gasteiger charge is 2.17. The van der Waals surface area contributed by atoms with Crippen LogP contribution in [0.2, 0.25) is 0 Å². The van der Waals surface area contributed by atoms with Crippen LogP contribution in [0.25, 0.3) is 0 Å². The van der Waals surface area contributed by atoms with E-state index in [1.165, 1.54) is 12.1 Å². The molecule has 0 aliphatic heterocycles. The number of thiazole rings is 1. The van der Waals surface area contributed by atoms with Gasteiger partial charge in [0.1, 0.15) is 5.75 Å². The highest BCUT2D eigenvalue weighted by Crippen LogP contribution is 2.24. The quantitative estimate of drug-likeness (QED) is 0.408. The number of guanidine groups is 1. The molecular weight excluding hydrogens is 410 g/mol. The van der Waals surface area contributed by atoms with Gasteiger partial charge in [-0.25, -0.2) is 4.98 Å². The SMILES string of the molecule is CCNC(=NCC(O)c1ccc(OC(F)F)cc1)NCCc1nc(C(C)(C)C)cs1. The number of hydrogen-bond donors (Lipinski definition) is 3. The van der Waals surface area contributed by atoms with Crippen molar-refractivity contribution in [2.24, 2.45) is 4.99 Å². The van der Waals surface area contributed by atoms with Gasteiger partial charge >= 0.3 is 6.61 Å². The molecule has 6 nitrogen and oxygen atoms in total. The number of nitrogens with one attached hydrogen (secondary N) is 2. The van der Waals surface area contributed by atoms with Crippen molar-refractivity contribution in [2.75, 3.05) is 19.6 Å². The molecule has 1 heterocycles. The number of hydrogen-bond acceptors (Lipinski definition) is 5. The Hall–Kier alpha value is -2.26. The summed E-state index contributed by atoms with van der Waals surface area (Å²) in [5.74, 6) is 0.651. The summed E-state index contributed by atoms with van der Waals surface area (Å²) in [7, 11) is 0. The van der Waals surface area contributed by atoms with Crippen molar-refractivity contribution < 1.29 is 18.6 Å². The van der Waals surface area contributed by atoms with Gasteiger partial charge in [0.25, 0.3) is 0 Å². The second-order valence-corrected chi connectivity index (χ2v) is 8.68. The minimum absolute atomic E-state index is 0.0402. The molecule has 9 heteroatoms. The summed E-state index contributed by atoms with van der Waals surface area (Å²) >= 11 is 1.65. The number of ether oxygens (including phenoxy) is 1. The molecule has 3 N–H and O–H groups in total. The largest absolute Gasteiger partial charge is 0.435 e. The third-order valence-corrected chi connectivity index (χ3v) is 5.12. The second kappa shape index (κ2) is 11.2. The van der Waals surface area contributed by atoms with Gasteiger partial charge in [-0.15, -0.1) is 11.3 Å². The van der Waals surface area contributed by atoms with Gasteiger partial charge in [-0.05, 0) is 24.6 Å². The van der Waals surface area contributed by atoms with E-state index in [0.717, 1.165) is 17.1 Å². The fourth-order valence-electron chi connectivity index (χ4n) is 2.55. The number of benzene rings is 1. The number of alkyl halides is 2. The lowest BCUT2D eigenvalue weighted by molar-refractivity contribution is -0.0498. The molecule has 0 spiro atoms. The van der Waals surface area contributed by atoms with Crippen molar-refractivity contribution in [1.29, 1.82) is 0 Å². The average molecular weight is 441 g/mol. The summed E-state index contributed by atoms with van der Waals surface area (Å²) in [6.45, 7) is 7.01. The molecule has 2 rings (SSSR count). The van der Waals surface area contributed by atoms with Gasteiger partial charge < -0.3 is 20.5 Å². The Morgan fingerprint density at radius 1 is 1.23 bits per heavy atom. The van der Waals surface area contributed by atoms with Crippen LogP contribution in [0.3, 0.4) is 0 Å². The Balaban J connectivity index is 1.88. The van der Waals surface area contributed by atoms with Gasteiger partial charge in [-0.2, -0.15) is 8.78 Å². The summed E-state index contributed by atoms with van der Waals surface area (Å²) in [5, 5.41) is 19.9. The molecule has 1 unspecified atom stereocenters. The molecule has 0 bridgehead atoms. The molecule has 0 aliphatic carbocycles. The molecule has 1 atom stereocenters. The number of aliphatic imine (C=N–C) groups is 1. The maximum atomic E-state index is 12.2. The van der Waals surface area contributed by atoms with Crippen LogP contribution in [0.5, 0.6) is 5.75 Å². The number of aliphatic hydroxyl groups is 1. The van der Waals surface area contributed by atoms with Crippen LogP contribution >= 0.6 is 11.3 Å². The highest BCUT2D eigenvalue weighted by atomic mass is 32.1. The van der Waals surface area contributed by atoms with Gasteiger partial charge in [0.2, 0.25) is 0 Å². The molecular formula is C21H30F2N4O2S. The smallest absolute Gasteiger partial charge is 0.387 e. The monoisotopic (exact) mass is 440 g/mol. The zero-order valence-electron chi connectivity index (χ0n) is 17.8. The number of aromatic nitrogens is 1. The lowest BCUT2D eigenvalue weighted by atomic mass is 9.93. The minimum atomic E-state index is -2.87. The molecule has 2 aromatic rings. The molecule has 30 heavy (non-hydrogen) atoms. The first-order valence-electron chi connectivity index (χ1n) is 9.89. The lowest BCUT2D eigenvalue weighted by Gasteiger charge is -2.14. The Bertz CT molecular complexity index is 804. The Labute approximate surface area is 180 Å². The molecule has 166 valence electrons. The van der Waals surface area contributed by atoms with E-state index < -0.39 is 12.7 Å². The molecule has 0 fully saturated rings. The van der Waals surface area contributed by atoms with Gasteiger partial charge in [0, 0.05) is 30.3 Å². The molecule has 1 aromatic carbocycles. The Morgan fingerprint density at radius 2 is 1.93 bits per heavy atom. The van der Waals surface area contributed by atoms with Crippen molar-refractivity contribution in [2.45, 2.75) is 52.2 Å². The molecule has 0 amide bonds. The van der Waals surface area contributed by atoms with Crippen LogP contribution in [0.4, 0.5) is 8.78 Å². The maximum absolute atomic E-state index is 12.2. The van der Waals surface area contributed by atoms with Crippen molar-refractivity contribution in [3.63, 3.8) is 0 Å². The number of halogens is 2. The van der Waals surface area contributed by atoms with Crippen LogP contribution in [0.1, 0.15) is 50.1 Å². The van der Waals surface area contributed by atoms with E-state index in [2.05, 4.69) is 51.5 Å². The molecule has 0 radical (unpaired) electrons. The average Bonchev–Trinajstić information content (AvgIpc) is 3.15. The van der Waals surface area contributed by atoms with Crippen LogP contribution in [-0.2, 0) is 11.8 Å². The standard InChI is InChI=1S/C21H30F2N4O2S/c1-5-24-20(25-11-10-18-27-17(13-30-18)21(2,3)4)26-12-16(28)14-6-8-15(9-7-14)29-19(22)23/h6-9,13,16,19,28H,5,10-12H2,1-4H3,(H2,24,25,26). The first-order chi connectivity index (χ1) is 14.2. The summed E-state index contributed by atoms with van der Waals surface area (Å²) in [5.41, 5.74) is 1.71. The molecule has 0 saturated carbocycles. The van der Waals surface area contributed by atoms with Gasteiger partial charge in [-0.1, -0.05) is 32.9 Å². The first kappa shape index (κ1) is 24.0. The predicted octanol–water partition coefficient (Wildman–Crippen LogP) is 3.87. The number of aliphatic hydroxyl groups excluding tert-OH is 1. The van der Waals surface area contributed by atoms with Crippen LogP contribution in [0, 0.1) is 0 Å². The van der Waals surface area contributed by atoms with Gasteiger partial charge in [0.15, 0.2) is 5.96 Å². The minimum Gasteiger partial charge on any atom is -0.435 e. The van der Waals surface area contributed by atoms with E-state index >= 15 is 0 Å². The predicted molar refractivity (Wildman–Crippen MR) is 117 cm³/mol. The zero-order chi connectivity index (χ0) is 22.1. The van der Waals surface area contributed by atoms with Crippen molar-refractivity contribution in [3.8, 4) is 5.75 Å². The first-order valence-corrected chi connectivity index (χ1v) is 10.8. The maximum Gasteiger partial charge on any atom is 0.387 e. The normalized spacial score (nSPS) is 13.4. The fourth-order valence-corrected chi connectivity index (χ4v) is 3.58. The topological polar surface area (TPSA) is 78.8 Å². The van der Waals surface area contributed by atoms with E-state index in [0.29, 0.717) is 24.6 Å². The third kappa shape index (κ3) is 7.87.